The average Bonchev–Trinajstić information content (AvgIpc) is 2.89. The quantitative estimate of drug-likeness (QED) is 0.806. The molecule has 0 saturated heterocycles. The highest BCUT2D eigenvalue weighted by atomic mass is 15.2. The van der Waals surface area contributed by atoms with Crippen molar-refractivity contribution in [2.24, 2.45) is 5.92 Å². The summed E-state index contributed by atoms with van der Waals surface area (Å²) in [5.41, 5.74) is 0. The van der Waals surface area contributed by atoms with Crippen LogP contribution in [0.1, 0.15) is 65.2 Å². The molecule has 2 heteroatoms. The number of hydrogen-bond acceptors (Lipinski definition) is 2. The van der Waals surface area contributed by atoms with Crippen molar-refractivity contribution < 1.29 is 0 Å². The van der Waals surface area contributed by atoms with Gasteiger partial charge >= 0.3 is 0 Å². The Bertz CT molecular complexity index is 233. The van der Waals surface area contributed by atoms with Crippen LogP contribution < -0.4 is 5.32 Å². The van der Waals surface area contributed by atoms with E-state index in [-0.39, 0.29) is 0 Å². The summed E-state index contributed by atoms with van der Waals surface area (Å²) in [6.45, 7) is 6.06. The van der Waals surface area contributed by atoms with Crippen molar-refractivity contribution in [3.05, 3.63) is 0 Å². The van der Waals surface area contributed by atoms with E-state index in [1.54, 1.807) is 0 Å². The summed E-state index contributed by atoms with van der Waals surface area (Å²) in [7, 11) is 2.13. The number of rotatable bonds is 5. The molecule has 0 aromatic carbocycles. The van der Waals surface area contributed by atoms with E-state index in [0.717, 1.165) is 24.0 Å². The van der Waals surface area contributed by atoms with Gasteiger partial charge in [-0.2, -0.15) is 0 Å². The van der Waals surface area contributed by atoms with Gasteiger partial charge < -0.3 is 5.32 Å². The van der Waals surface area contributed by atoms with Crippen molar-refractivity contribution in [3.8, 4) is 0 Å². The largest absolute Gasteiger partial charge is 0.317 e. The van der Waals surface area contributed by atoms with Crippen LogP contribution in [0.4, 0.5) is 0 Å². The zero-order valence-electron chi connectivity index (χ0n) is 12.6. The van der Waals surface area contributed by atoms with Crippen molar-refractivity contribution in [2.75, 3.05) is 13.6 Å². The monoisotopic (exact) mass is 252 g/mol. The van der Waals surface area contributed by atoms with Gasteiger partial charge in [0.25, 0.3) is 0 Å². The van der Waals surface area contributed by atoms with Crippen LogP contribution >= 0.6 is 0 Å². The first-order chi connectivity index (χ1) is 8.70. The Kier molecular flexibility index (Phi) is 5.50. The summed E-state index contributed by atoms with van der Waals surface area (Å²) < 4.78 is 0. The van der Waals surface area contributed by atoms with Crippen LogP contribution in [0, 0.1) is 5.92 Å². The summed E-state index contributed by atoms with van der Waals surface area (Å²) in [6.07, 6.45) is 11.4. The van der Waals surface area contributed by atoms with Crippen LogP contribution in [-0.4, -0.2) is 36.6 Å². The molecule has 2 nitrogen and oxygen atoms in total. The normalized spacial score (nSPS) is 30.5. The molecule has 18 heavy (non-hydrogen) atoms. The number of hydrogen-bond donors (Lipinski definition) is 1. The van der Waals surface area contributed by atoms with Gasteiger partial charge in [-0.25, -0.2) is 0 Å². The molecular weight excluding hydrogens is 220 g/mol. The SMILES string of the molecule is CNC1CCCC(N(CC(C)C)C2CCCC2)C1. The molecule has 106 valence electrons. The second-order valence-corrected chi connectivity index (χ2v) is 6.83. The minimum Gasteiger partial charge on any atom is -0.317 e. The van der Waals surface area contributed by atoms with Gasteiger partial charge in [0.2, 0.25) is 0 Å². The lowest BCUT2D eigenvalue weighted by molar-refractivity contribution is 0.0829. The van der Waals surface area contributed by atoms with E-state index in [4.69, 9.17) is 0 Å². The summed E-state index contributed by atoms with van der Waals surface area (Å²) in [4.78, 5) is 2.89. The van der Waals surface area contributed by atoms with E-state index in [1.807, 2.05) is 0 Å². The van der Waals surface area contributed by atoms with E-state index in [2.05, 4.69) is 31.1 Å². The van der Waals surface area contributed by atoms with E-state index in [9.17, 15) is 0 Å². The maximum Gasteiger partial charge on any atom is 0.0113 e. The van der Waals surface area contributed by atoms with Crippen molar-refractivity contribution in [2.45, 2.75) is 83.3 Å². The Hall–Kier alpha value is -0.0800. The smallest absolute Gasteiger partial charge is 0.0113 e. The van der Waals surface area contributed by atoms with Gasteiger partial charge in [0.15, 0.2) is 0 Å². The van der Waals surface area contributed by atoms with E-state index >= 15 is 0 Å². The Labute approximate surface area is 114 Å². The highest BCUT2D eigenvalue weighted by molar-refractivity contribution is 4.88. The molecule has 0 bridgehead atoms. The van der Waals surface area contributed by atoms with Crippen LogP contribution in [0.2, 0.25) is 0 Å². The highest BCUT2D eigenvalue weighted by Crippen LogP contribution is 2.31. The maximum absolute atomic E-state index is 3.51. The Morgan fingerprint density at radius 1 is 1.00 bits per heavy atom. The molecule has 0 aliphatic heterocycles. The fourth-order valence-electron chi connectivity index (χ4n) is 3.98. The molecular formula is C16H32N2. The molecule has 0 aromatic heterocycles. The fourth-order valence-corrected chi connectivity index (χ4v) is 3.98. The third kappa shape index (κ3) is 3.71. The second kappa shape index (κ2) is 6.91. The minimum absolute atomic E-state index is 0.764. The molecule has 0 amide bonds. The second-order valence-electron chi connectivity index (χ2n) is 6.83. The van der Waals surface area contributed by atoms with Gasteiger partial charge in [-0.3, -0.25) is 4.90 Å². The van der Waals surface area contributed by atoms with E-state index < -0.39 is 0 Å². The first-order valence-corrected chi connectivity index (χ1v) is 8.13. The first kappa shape index (κ1) is 14.3. The molecule has 2 rings (SSSR count). The van der Waals surface area contributed by atoms with Gasteiger partial charge in [-0.1, -0.05) is 33.1 Å². The highest BCUT2D eigenvalue weighted by Gasteiger charge is 2.32. The van der Waals surface area contributed by atoms with Gasteiger partial charge in [0.05, 0.1) is 0 Å². The Morgan fingerprint density at radius 2 is 1.67 bits per heavy atom. The average molecular weight is 252 g/mol. The number of nitrogens with one attached hydrogen (secondary N) is 1. The minimum atomic E-state index is 0.764. The molecule has 2 unspecified atom stereocenters. The molecule has 0 aromatic rings. The molecule has 2 fully saturated rings. The van der Waals surface area contributed by atoms with Crippen molar-refractivity contribution in [1.29, 1.82) is 0 Å². The number of nitrogens with zero attached hydrogens (tertiary/aromatic N) is 1. The first-order valence-electron chi connectivity index (χ1n) is 8.13. The lowest BCUT2D eigenvalue weighted by atomic mass is 9.88. The molecule has 2 aliphatic rings. The van der Waals surface area contributed by atoms with Gasteiger partial charge in [0, 0.05) is 24.7 Å². The predicted molar refractivity (Wildman–Crippen MR) is 78.9 cm³/mol. The molecule has 2 saturated carbocycles. The summed E-state index contributed by atoms with van der Waals surface area (Å²) in [5.74, 6) is 0.806. The zero-order valence-corrected chi connectivity index (χ0v) is 12.6. The molecule has 0 heterocycles. The van der Waals surface area contributed by atoms with Crippen LogP contribution in [0.5, 0.6) is 0 Å². The molecule has 0 radical (unpaired) electrons. The van der Waals surface area contributed by atoms with Crippen molar-refractivity contribution in [1.82, 2.24) is 10.2 Å². The van der Waals surface area contributed by atoms with Gasteiger partial charge in [0.1, 0.15) is 0 Å². The summed E-state index contributed by atoms with van der Waals surface area (Å²) in [5, 5.41) is 3.51. The topological polar surface area (TPSA) is 15.3 Å². The van der Waals surface area contributed by atoms with Crippen LogP contribution in [0.3, 0.4) is 0 Å². The molecule has 1 N–H and O–H groups in total. The van der Waals surface area contributed by atoms with Gasteiger partial charge in [-0.05, 0) is 45.1 Å². The molecule has 2 aliphatic carbocycles. The van der Waals surface area contributed by atoms with Crippen LogP contribution in [0.25, 0.3) is 0 Å². The Morgan fingerprint density at radius 3 is 2.28 bits per heavy atom. The van der Waals surface area contributed by atoms with Crippen molar-refractivity contribution >= 4 is 0 Å². The third-order valence-corrected chi connectivity index (χ3v) is 4.89. The zero-order chi connectivity index (χ0) is 13.0. The Balaban J connectivity index is 1.97. The maximum atomic E-state index is 3.51. The standard InChI is InChI=1S/C16H32N2/c1-13(2)12-18(15-8-4-5-9-15)16-10-6-7-14(11-16)17-3/h13-17H,4-12H2,1-3H3. The predicted octanol–water partition coefficient (Wildman–Crippen LogP) is 3.42. The van der Waals surface area contributed by atoms with E-state index in [0.29, 0.717) is 0 Å². The molecule has 0 spiro atoms. The molecule has 2 atom stereocenters. The third-order valence-electron chi connectivity index (χ3n) is 4.89. The van der Waals surface area contributed by atoms with Gasteiger partial charge in [-0.15, -0.1) is 0 Å². The van der Waals surface area contributed by atoms with E-state index in [1.165, 1.54) is 57.9 Å². The van der Waals surface area contributed by atoms with Crippen LogP contribution in [-0.2, 0) is 0 Å². The fraction of sp³-hybridized carbons (Fsp3) is 1.00. The lowest BCUT2D eigenvalue weighted by Crippen LogP contribution is -2.48. The summed E-state index contributed by atoms with van der Waals surface area (Å²) >= 11 is 0. The van der Waals surface area contributed by atoms with Crippen LogP contribution in [0.15, 0.2) is 0 Å². The van der Waals surface area contributed by atoms with Crippen molar-refractivity contribution in [3.63, 3.8) is 0 Å². The lowest BCUT2D eigenvalue weighted by Gasteiger charge is -2.42. The summed E-state index contributed by atoms with van der Waals surface area (Å²) in [6, 6.07) is 2.51.